The summed E-state index contributed by atoms with van der Waals surface area (Å²) >= 11 is 0. The molecule has 3 unspecified atom stereocenters. The number of unbranched alkanes of at least 4 members (excludes halogenated alkanes) is 46. The fourth-order valence-corrected chi connectivity index (χ4v) is 14.0. The van der Waals surface area contributed by atoms with Gasteiger partial charge >= 0.3 is 39.5 Å². The van der Waals surface area contributed by atoms with Crippen molar-refractivity contribution in [3.8, 4) is 0 Å². The lowest BCUT2D eigenvalue weighted by molar-refractivity contribution is -0.161. The molecule has 0 radical (unpaired) electrons. The van der Waals surface area contributed by atoms with Gasteiger partial charge in [0.15, 0.2) is 12.2 Å². The lowest BCUT2D eigenvalue weighted by Gasteiger charge is -2.21. The number of esters is 4. The normalized spacial score (nSPS) is 14.2. The minimum atomic E-state index is -4.96. The standard InChI is InChI=1S/C81H158O17P2/c1-8-10-11-12-13-40-48-55-62-78(83)91-69-77(98-81(86)65-58-51-44-43-47-54-61-74(7)9-2)71-96-100(89,90)94-67-75(82)66-93-99(87,88)95-70-76(97-80(85)64-57-50-42-37-33-29-25-21-17-15-19-23-27-31-35-39-46-53-60-73(5)6)68-92-79(84)63-56-49-41-36-32-28-24-20-16-14-18-22-26-30-34-38-45-52-59-72(3)4/h72-77,82H,8-71H2,1-7H3,(H,87,88)(H,89,90)/t74?,75-,76-,77-/m1/s1. The monoisotopic (exact) mass is 1470 g/mol. The average Bonchev–Trinajstić information content (AvgIpc) is 0.918. The molecule has 0 amide bonds. The molecule has 0 aromatic rings. The molecule has 0 saturated carbocycles. The highest BCUT2D eigenvalue weighted by molar-refractivity contribution is 7.47. The molecule has 0 aromatic carbocycles. The van der Waals surface area contributed by atoms with E-state index in [-0.39, 0.29) is 25.7 Å². The molecule has 594 valence electrons. The smallest absolute Gasteiger partial charge is 0.462 e. The Bertz CT molecular complexity index is 1940. The molecule has 0 saturated heterocycles. The number of carbonyl (C=O) groups is 4. The maximum absolute atomic E-state index is 13.1. The van der Waals surface area contributed by atoms with Gasteiger partial charge in [0.1, 0.15) is 19.3 Å². The molecule has 3 N–H and O–H groups in total. The van der Waals surface area contributed by atoms with Gasteiger partial charge in [-0.2, -0.15) is 0 Å². The molecule has 0 bridgehead atoms. The Morgan fingerprint density at radius 1 is 0.290 bits per heavy atom. The van der Waals surface area contributed by atoms with Crippen molar-refractivity contribution < 1.29 is 80.2 Å². The quantitative estimate of drug-likeness (QED) is 0.0222. The van der Waals surface area contributed by atoms with Crippen molar-refractivity contribution >= 4 is 39.5 Å². The van der Waals surface area contributed by atoms with Crippen LogP contribution >= 0.6 is 15.6 Å². The topological polar surface area (TPSA) is 237 Å². The first kappa shape index (κ1) is 98.1. The number of hydrogen-bond donors (Lipinski definition) is 3. The third-order valence-electron chi connectivity index (χ3n) is 19.2. The van der Waals surface area contributed by atoms with E-state index in [1.807, 2.05) is 0 Å². The highest BCUT2D eigenvalue weighted by atomic mass is 31.2. The third kappa shape index (κ3) is 73.0. The van der Waals surface area contributed by atoms with Crippen LogP contribution in [0.4, 0.5) is 0 Å². The van der Waals surface area contributed by atoms with E-state index in [2.05, 4.69) is 48.5 Å². The average molecular weight is 1470 g/mol. The van der Waals surface area contributed by atoms with E-state index in [4.69, 9.17) is 37.0 Å². The minimum absolute atomic E-state index is 0.103. The zero-order valence-corrected chi connectivity index (χ0v) is 67.5. The number of aliphatic hydroxyl groups excluding tert-OH is 1. The Kier molecular flexibility index (Phi) is 69.9. The minimum Gasteiger partial charge on any atom is -0.462 e. The summed E-state index contributed by atoms with van der Waals surface area (Å²) in [5.41, 5.74) is 0. The molecule has 0 aliphatic carbocycles. The highest BCUT2D eigenvalue weighted by Crippen LogP contribution is 2.45. The van der Waals surface area contributed by atoms with Gasteiger partial charge in [0, 0.05) is 25.7 Å². The molecule has 17 nitrogen and oxygen atoms in total. The van der Waals surface area contributed by atoms with E-state index in [1.54, 1.807) is 0 Å². The van der Waals surface area contributed by atoms with Crippen LogP contribution in [-0.2, 0) is 65.4 Å². The maximum atomic E-state index is 13.1. The fourth-order valence-electron chi connectivity index (χ4n) is 12.5. The van der Waals surface area contributed by atoms with Crippen molar-refractivity contribution in [3.05, 3.63) is 0 Å². The van der Waals surface area contributed by atoms with Crippen molar-refractivity contribution in [3.63, 3.8) is 0 Å². The summed E-state index contributed by atoms with van der Waals surface area (Å²) in [5, 5.41) is 10.6. The first-order chi connectivity index (χ1) is 48.3. The van der Waals surface area contributed by atoms with Crippen LogP contribution in [0.15, 0.2) is 0 Å². The van der Waals surface area contributed by atoms with Crippen molar-refractivity contribution in [2.45, 2.75) is 439 Å². The van der Waals surface area contributed by atoms with Crippen molar-refractivity contribution in [1.29, 1.82) is 0 Å². The second-order valence-corrected chi connectivity index (χ2v) is 33.3. The van der Waals surface area contributed by atoms with Crippen LogP contribution in [-0.4, -0.2) is 96.7 Å². The summed E-state index contributed by atoms with van der Waals surface area (Å²) < 4.78 is 68.5. The molecule has 0 rings (SSSR count). The summed E-state index contributed by atoms with van der Waals surface area (Å²) in [7, 11) is -9.91. The molecular formula is C81H158O17P2. The van der Waals surface area contributed by atoms with Crippen LogP contribution in [0, 0.1) is 17.8 Å². The van der Waals surface area contributed by atoms with Crippen LogP contribution in [0.1, 0.15) is 421 Å². The first-order valence-electron chi connectivity index (χ1n) is 41.9. The predicted octanol–water partition coefficient (Wildman–Crippen LogP) is 24.1. The Balaban J connectivity index is 5.15. The largest absolute Gasteiger partial charge is 0.472 e. The molecule has 0 aliphatic heterocycles. The SMILES string of the molecule is CCCCCCCCCCC(=O)OC[C@H](COP(=O)(O)OC[C@H](O)COP(=O)(O)OC[C@@H](COC(=O)CCCCCCCCCCCCCCCCCCCCC(C)C)OC(=O)CCCCCCCCCCCCCCCCCCCCC(C)C)OC(=O)CCCCCCCCC(C)CC. The summed E-state index contributed by atoms with van der Waals surface area (Å²) in [5.74, 6) is 0.246. The van der Waals surface area contributed by atoms with Crippen LogP contribution in [0.2, 0.25) is 0 Å². The van der Waals surface area contributed by atoms with Gasteiger partial charge in [0.05, 0.1) is 26.4 Å². The van der Waals surface area contributed by atoms with E-state index < -0.39 is 97.5 Å². The maximum Gasteiger partial charge on any atom is 0.472 e. The molecule has 100 heavy (non-hydrogen) atoms. The van der Waals surface area contributed by atoms with Gasteiger partial charge in [0.25, 0.3) is 0 Å². The number of phosphoric acid groups is 2. The van der Waals surface area contributed by atoms with Crippen LogP contribution in [0.5, 0.6) is 0 Å². The van der Waals surface area contributed by atoms with E-state index >= 15 is 0 Å². The third-order valence-corrected chi connectivity index (χ3v) is 21.1. The molecule has 0 heterocycles. The van der Waals surface area contributed by atoms with Crippen molar-refractivity contribution in [2.24, 2.45) is 17.8 Å². The van der Waals surface area contributed by atoms with Gasteiger partial charge in [-0.25, -0.2) is 9.13 Å². The lowest BCUT2D eigenvalue weighted by Crippen LogP contribution is -2.30. The first-order valence-corrected chi connectivity index (χ1v) is 44.9. The van der Waals surface area contributed by atoms with E-state index in [0.29, 0.717) is 25.7 Å². The second kappa shape index (κ2) is 71.3. The number of carbonyl (C=O) groups excluding carboxylic acids is 4. The van der Waals surface area contributed by atoms with Gasteiger partial charge in [-0.3, -0.25) is 37.3 Å². The van der Waals surface area contributed by atoms with E-state index in [9.17, 15) is 43.2 Å². The predicted molar refractivity (Wildman–Crippen MR) is 409 cm³/mol. The lowest BCUT2D eigenvalue weighted by atomic mass is 10.00. The number of phosphoric ester groups is 2. The van der Waals surface area contributed by atoms with Gasteiger partial charge in [-0.05, 0) is 43.4 Å². The van der Waals surface area contributed by atoms with Crippen LogP contribution < -0.4 is 0 Å². The van der Waals surface area contributed by atoms with Crippen LogP contribution in [0.3, 0.4) is 0 Å². The zero-order chi connectivity index (χ0) is 73.7. The second-order valence-electron chi connectivity index (χ2n) is 30.4. The number of hydrogen-bond acceptors (Lipinski definition) is 15. The fraction of sp³-hybridized carbons (Fsp3) is 0.951. The van der Waals surface area contributed by atoms with E-state index in [0.717, 1.165) is 114 Å². The van der Waals surface area contributed by atoms with Crippen molar-refractivity contribution in [2.75, 3.05) is 39.6 Å². The Morgan fingerprint density at radius 3 is 0.760 bits per heavy atom. The summed E-state index contributed by atoms with van der Waals surface area (Å²) in [4.78, 5) is 72.8. The molecule has 6 atom stereocenters. The molecule has 0 aliphatic rings. The van der Waals surface area contributed by atoms with Crippen molar-refractivity contribution in [1.82, 2.24) is 0 Å². The number of aliphatic hydroxyl groups is 1. The van der Waals surface area contributed by atoms with Gasteiger partial charge in [0.2, 0.25) is 0 Å². The summed E-state index contributed by atoms with van der Waals surface area (Å²) in [6.45, 7) is 11.9. The molecule has 0 fully saturated rings. The summed E-state index contributed by atoms with van der Waals surface area (Å²) in [6.07, 6.45) is 60.0. The highest BCUT2D eigenvalue weighted by Gasteiger charge is 2.30. The summed E-state index contributed by atoms with van der Waals surface area (Å²) in [6, 6.07) is 0. The molecule has 0 spiro atoms. The number of ether oxygens (including phenoxy) is 4. The molecule has 0 aromatic heterocycles. The van der Waals surface area contributed by atoms with Gasteiger partial charge in [-0.15, -0.1) is 0 Å². The molecule has 19 heteroatoms. The van der Waals surface area contributed by atoms with Crippen LogP contribution in [0.25, 0.3) is 0 Å². The Labute approximate surface area is 613 Å². The zero-order valence-electron chi connectivity index (χ0n) is 65.7. The number of rotatable bonds is 79. The van der Waals surface area contributed by atoms with E-state index in [1.165, 1.54) is 225 Å². The van der Waals surface area contributed by atoms with Gasteiger partial charge < -0.3 is 33.8 Å². The van der Waals surface area contributed by atoms with Gasteiger partial charge in [-0.1, -0.05) is 370 Å². The Hall–Kier alpha value is -1.94. The molecular weight excluding hydrogens is 1310 g/mol. The Morgan fingerprint density at radius 2 is 0.510 bits per heavy atom.